The van der Waals surface area contributed by atoms with Gasteiger partial charge < -0.3 is 20.7 Å². The van der Waals surface area contributed by atoms with Gasteiger partial charge in [-0.15, -0.1) is 11.8 Å². The molecule has 0 fully saturated rings. The number of thioether (sulfide) groups is 1. The number of benzene rings is 5. The molecule has 3 amide bonds. The summed E-state index contributed by atoms with van der Waals surface area (Å²) in [6, 6.07) is 39.4. The molecule has 3 N–H and O–H groups in total. The molecule has 0 aromatic heterocycles. The van der Waals surface area contributed by atoms with Crippen LogP contribution >= 0.6 is 23.4 Å². The molecule has 0 heterocycles. The molecule has 0 saturated carbocycles. The van der Waals surface area contributed by atoms with Crippen molar-refractivity contribution in [1.29, 1.82) is 0 Å². The van der Waals surface area contributed by atoms with E-state index in [1.807, 2.05) is 49.4 Å². The van der Waals surface area contributed by atoms with E-state index in [0.717, 1.165) is 10.6 Å². The summed E-state index contributed by atoms with van der Waals surface area (Å²) >= 11 is 7.71. The second kappa shape index (κ2) is 15.6. The number of para-hydroxylation sites is 1. The highest BCUT2D eigenvalue weighted by Crippen LogP contribution is 2.27. The van der Waals surface area contributed by atoms with Gasteiger partial charge in [-0.2, -0.15) is 0 Å². The molecule has 5 aromatic rings. The average Bonchev–Trinajstić information content (AvgIpc) is 3.08. The van der Waals surface area contributed by atoms with Gasteiger partial charge in [0, 0.05) is 26.9 Å². The Bertz CT molecular complexity index is 1830. The molecule has 9 heteroatoms. The predicted octanol–water partition coefficient (Wildman–Crippen LogP) is 8.66. The molecule has 0 saturated heterocycles. The number of carbonyl (C=O) groups excluding carboxylic acids is 3. The normalized spacial score (nSPS) is 11.7. The summed E-state index contributed by atoms with van der Waals surface area (Å²) in [5.74, 6) is 0.312. The number of hydrogen-bond acceptors (Lipinski definition) is 5. The predicted molar refractivity (Wildman–Crippen MR) is 185 cm³/mol. The molecule has 5 aromatic carbocycles. The van der Waals surface area contributed by atoms with E-state index in [-0.39, 0.29) is 16.9 Å². The van der Waals surface area contributed by atoms with Gasteiger partial charge in [-0.3, -0.25) is 14.4 Å². The van der Waals surface area contributed by atoms with Crippen molar-refractivity contribution in [3.63, 3.8) is 0 Å². The van der Waals surface area contributed by atoms with E-state index in [1.54, 1.807) is 91.0 Å². The van der Waals surface area contributed by atoms with E-state index in [2.05, 4.69) is 16.0 Å². The van der Waals surface area contributed by atoms with Crippen LogP contribution in [0.2, 0.25) is 5.02 Å². The number of anilines is 2. The Morgan fingerprint density at radius 2 is 1.26 bits per heavy atom. The zero-order chi connectivity index (χ0) is 32.3. The minimum Gasteiger partial charge on any atom is -0.457 e. The van der Waals surface area contributed by atoms with Gasteiger partial charge in [0.25, 0.3) is 11.8 Å². The molecule has 46 heavy (non-hydrogen) atoms. The van der Waals surface area contributed by atoms with Crippen molar-refractivity contribution in [3.05, 3.63) is 155 Å². The van der Waals surface area contributed by atoms with Gasteiger partial charge in [0.2, 0.25) is 5.91 Å². The molecule has 7 nitrogen and oxygen atoms in total. The van der Waals surface area contributed by atoms with Crippen LogP contribution in [0.15, 0.2) is 144 Å². The number of ether oxygens (including phenoxy) is 1. The van der Waals surface area contributed by atoms with Crippen LogP contribution in [0, 0.1) is 0 Å². The maximum Gasteiger partial charge on any atom is 0.272 e. The van der Waals surface area contributed by atoms with Crippen molar-refractivity contribution >= 4 is 58.5 Å². The second-order valence-corrected chi connectivity index (χ2v) is 11.9. The fourth-order valence-corrected chi connectivity index (χ4v) is 5.30. The average molecular weight is 648 g/mol. The maximum atomic E-state index is 13.3. The zero-order valence-corrected chi connectivity index (χ0v) is 26.3. The van der Waals surface area contributed by atoms with E-state index in [1.165, 1.54) is 17.8 Å². The third-order valence-electron chi connectivity index (χ3n) is 6.63. The molecule has 5 rings (SSSR count). The highest BCUT2D eigenvalue weighted by molar-refractivity contribution is 8.00. The van der Waals surface area contributed by atoms with Gasteiger partial charge in [0.1, 0.15) is 17.2 Å². The number of rotatable bonds is 11. The van der Waals surface area contributed by atoms with E-state index in [4.69, 9.17) is 16.3 Å². The second-order valence-electron chi connectivity index (χ2n) is 10.1. The first-order valence-electron chi connectivity index (χ1n) is 14.4. The number of halogens is 1. The Kier molecular flexibility index (Phi) is 10.9. The van der Waals surface area contributed by atoms with Crippen molar-refractivity contribution in [2.75, 3.05) is 10.6 Å². The molecule has 0 aliphatic heterocycles. The Balaban J connectivity index is 1.19. The standard InChI is InChI=1S/C37H30ClN3O4S/c1-25(35(42)39-28-16-20-31(21-17-28)45-30-13-6-3-7-14-30)46-32-22-18-29(19-23-32)40-37(44)34(24-27-12-8-9-15-33(27)38)41-36(43)26-10-4-2-5-11-26/h2-25H,1H3,(H,39,42)(H,40,44)(H,41,43)/b34-24-. The van der Waals surface area contributed by atoms with Crippen molar-refractivity contribution in [1.82, 2.24) is 5.32 Å². The van der Waals surface area contributed by atoms with E-state index < -0.39 is 11.8 Å². The summed E-state index contributed by atoms with van der Waals surface area (Å²) in [7, 11) is 0. The van der Waals surface area contributed by atoms with Crippen LogP contribution in [-0.4, -0.2) is 23.0 Å². The lowest BCUT2D eigenvalue weighted by atomic mass is 10.1. The van der Waals surface area contributed by atoms with Crippen LogP contribution in [0.5, 0.6) is 11.5 Å². The summed E-state index contributed by atoms with van der Waals surface area (Å²) < 4.78 is 5.81. The van der Waals surface area contributed by atoms with Crippen molar-refractivity contribution in [2.45, 2.75) is 17.1 Å². The van der Waals surface area contributed by atoms with Crippen LogP contribution in [0.25, 0.3) is 6.08 Å². The van der Waals surface area contributed by atoms with Crippen molar-refractivity contribution < 1.29 is 19.1 Å². The molecule has 0 radical (unpaired) electrons. The van der Waals surface area contributed by atoms with Crippen molar-refractivity contribution in [2.24, 2.45) is 0 Å². The van der Waals surface area contributed by atoms with Crippen LogP contribution in [0.1, 0.15) is 22.8 Å². The minimum absolute atomic E-state index is 0.0327. The Morgan fingerprint density at radius 1 is 0.696 bits per heavy atom. The topological polar surface area (TPSA) is 96.5 Å². The molecule has 0 bridgehead atoms. The Hall–Kier alpha value is -5.31. The summed E-state index contributed by atoms with van der Waals surface area (Å²) in [4.78, 5) is 39.9. The van der Waals surface area contributed by atoms with Crippen LogP contribution in [-0.2, 0) is 9.59 Å². The number of nitrogens with one attached hydrogen (secondary N) is 3. The quantitative estimate of drug-likeness (QED) is 0.0985. The number of amides is 3. The lowest BCUT2D eigenvalue weighted by molar-refractivity contribution is -0.115. The maximum absolute atomic E-state index is 13.3. The van der Waals surface area contributed by atoms with Crippen LogP contribution in [0.3, 0.4) is 0 Å². The third kappa shape index (κ3) is 9.11. The molecular formula is C37H30ClN3O4S. The number of hydrogen-bond donors (Lipinski definition) is 3. The fraction of sp³-hybridized carbons (Fsp3) is 0.0541. The van der Waals surface area contributed by atoms with Crippen molar-refractivity contribution in [3.8, 4) is 11.5 Å². The first-order valence-corrected chi connectivity index (χ1v) is 15.6. The van der Waals surface area contributed by atoms with Crippen LogP contribution < -0.4 is 20.7 Å². The van der Waals surface area contributed by atoms with Gasteiger partial charge in [-0.1, -0.05) is 66.2 Å². The van der Waals surface area contributed by atoms with Gasteiger partial charge in [0.15, 0.2) is 0 Å². The molecule has 0 spiro atoms. The lowest BCUT2D eigenvalue weighted by Gasteiger charge is -2.14. The van der Waals surface area contributed by atoms with E-state index in [9.17, 15) is 14.4 Å². The van der Waals surface area contributed by atoms with Gasteiger partial charge in [-0.05, 0) is 97.4 Å². The first kappa shape index (κ1) is 32.1. The van der Waals surface area contributed by atoms with Crippen LogP contribution in [0.4, 0.5) is 11.4 Å². The fourth-order valence-electron chi connectivity index (χ4n) is 4.24. The Labute approximate surface area is 276 Å². The zero-order valence-electron chi connectivity index (χ0n) is 24.8. The molecule has 1 atom stereocenters. The summed E-state index contributed by atoms with van der Waals surface area (Å²) in [5.41, 5.74) is 2.21. The summed E-state index contributed by atoms with van der Waals surface area (Å²) in [6.45, 7) is 1.82. The third-order valence-corrected chi connectivity index (χ3v) is 8.09. The van der Waals surface area contributed by atoms with Gasteiger partial charge in [0.05, 0.1) is 5.25 Å². The SMILES string of the molecule is CC(Sc1ccc(NC(=O)/C(=C/c2ccccc2Cl)NC(=O)c2ccccc2)cc1)C(=O)Nc1ccc(Oc2ccccc2)cc1. The molecule has 230 valence electrons. The smallest absolute Gasteiger partial charge is 0.272 e. The van der Waals surface area contributed by atoms with E-state index in [0.29, 0.717) is 33.3 Å². The lowest BCUT2D eigenvalue weighted by Crippen LogP contribution is -2.30. The first-order chi connectivity index (χ1) is 22.3. The highest BCUT2D eigenvalue weighted by Gasteiger charge is 2.17. The largest absolute Gasteiger partial charge is 0.457 e. The minimum atomic E-state index is -0.516. The van der Waals surface area contributed by atoms with E-state index >= 15 is 0 Å². The summed E-state index contributed by atoms with van der Waals surface area (Å²) in [6.07, 6.45) is 1.53. The molecule has 1 unspecified atom stereocenters. The molecule has 0 aliphatic rings. The summed E-state index contributed by atoms with van der Waals surface area (Å²) in [5, 5.41) is 8.52. The van der Waals surface area contributed by atoms with Gasteiger partial charge in [-0.25, -0.2) is 0 Å². The highest BCUT2D eigenvalue weighted by atomic mass is 35.5. The molecular weight excluding hydrogens is 618 g/mol. The Morgan fingerprint density at radius 3 is 1.93 bits per heavy atom. The molecule has 0 aliphatic carbocycles. The monoisotopic (exact) mass is 647 g/mol. The van der Waals surface area contributed by atoms with Gasteiger partial charge >= 0.3 is 0 Å². The number of carbonyl (C=O) groups is 3.